The van der Waals surface area contributed by atoms with Crippen molar-refractivity contribution in [2.45, 2.75) is 37.4 Å². The summed E-state index contributed by atoms with van der Waals surface area (Å²) in [7, 11) is -2.10. The lowest BCUT2D eigenvalue weighted by molar-refractivity contribution is -0.0908. The van der Waals surface area contributed by atoms with E-state index in [1.54, 1.807) is 18.7 Å². The van der Waals surface area contributed by atoms with Gasteiger partial charge >= 0.3 is 0 Å². The van der Waals surface area contributed by atoms with Crippen LogP contribution in [0.1, 0.15) is 20.3 Å². The molecule has 1 saturated carbocycles. The van der Waals surface area contributed by atoms with Gasteiger partial charge in [-0.15, -0.1) is 11.3 Å². The highest BCUT2D eigenvalue weighted by Gasteiger charge is 2.50. The molecule has 6 nitrogen and oxygen atoms in total. The van der Waals surface area contributed by atoms with Crippen molar-refractivity contribution in [1.82, 2.24) is 14.1 Å². The van der Waals surface area contributed by atoms with Crippen molar-refractivity contribution in [2.75, 3.05) is 7.11 Å². The highest BCUT2D eigenvalue weighted by Crippen LogP contribution is 2.43. The first-order chi connectivity index (χ1) is 9.77. The first kappa shape index (κ1) is 15.2. The van der Waals surface area contributed by atoms with Gasteiger partial charge in [-0.1, -0.05) is 25.4 Å². The Kier molecular flexibility index (Phi) is 3.57. The van der Waals surface area contributed by atoms with E-state index in [0.29, 0.717) is 11.4 Å². The summed E-state index contributed by atoms with van der Waals surface area (Å²) < 4.78 is 34.8. The number of thiazole rings is 1. The van der Waals surface area contributed by atoms with Crippen LogP contribution in [0.2, 0.25) is 5.15 Å². The normalized spacial score (nSPS) is 25.1. The molecular formula is C12H16ClN3O3S2. The number of nitrogens with zero attached hydrogens (tertiary/aromatic N) is 2. The van der Waals surface area contributed by atoms with E-state index >= 15 is 0 Å². The van der Waals surface area contributed by atoms with E-state index in [4.69, 9.17) is 16.3 Å². The van der Waals surface area contributed by atoms with Gasteiger partial charge in [-0.2, -0.15) is 0 Å². The molecule has 116 valence electrons. The first-order valence-corrected chi connectivity index (χ1v) is 9.17. The van der Waals surface area contributed by atoms with E-state index in [1.165, 1.54) is 15.7 Å². The van der Waals surface area contributed by atoms with Crippen molar-refractivity contribution in [3.05, 3.63) is 16.7 Å². The Bertz CT molecular complexity index is 781. The molecule has 2 aromatic heterocycles. The molecule has 2 atom stereocenters. The fraction of sp³-hybridized carbons (Fsp3) is 0.583. The van der Waals surface area contributed by atoms with Crippen LogP contribution in [-0.4, -0.2) is 37.1 Å². The number of imidazole rings is 1. The number of nitrogens with one attached hydrogen (secondary N) is 1. The van der Waals surface area contributed by atoms with Crippen LogP contribution < -0.4 is 4.72 Å². The number of halogens is 1. The second kappa shape index (κ2) is 4.92. The van der Waals surface area contributed by atoms with Gasteiger partial charge in [-0.05, 0) is 6.42 Å². The molecule has 2 aromatic rings. The lowest BCUT2D eigenvalue weighted by atomic mass is 9.65. The SMILES string of the molecule is COC1CC(NS(=O)(=O)c2c(Cl)nc3sccn23)C1(C)C. The van der Waals surface area contributed by atoms with E-state index in [-0.39, 0.29) is 27.7 Å². The van der Waals surface area contributed by atoms with Crippen LogP contribution in [0.25, 0.3) is 4.96 Å². The lowest BCUT2D eigenvalue weighted by Crippen LogP contribution is -2.61. The molecule has 1 fully saturated rings. The van der Waals surface area contributed by atoms with E-state index in [2.05, 4.69) is 9.71 Å². The van der Waals surface area contributed by atoms with Crippen molar-refractivity contribution in [1.29, 1.82) is 0 Å². The van der Waals surface area contributed by atoms with E-state index < -0.39 is 10.0 Å². The van der Waals surface area contributed by atoms with Crippen molar-refractivity contribution in [3.63, 3.8) is 0 Å². The van der Waals surface area contributed by atoms with Gasteiger partial charge in [0, 0.05) is 30.1 Å². The number of aromatic nitrogens is 2. The summed E-state index contributed by atoms with van der Waals surface area (Å²) in [5.41, 5.74) is -0.257. The molecule has 0 bridgehead atoms. The van der Waals surface area contributed by atoms with Gasteiger partial charge in [-0.25, -0.2) is 18.1 Å². The molecular weight excluding hydrogens is 334 g/mol. The van der Waals surface area contributed by atoms with Gasteiger partial charge < -0.3 is 4.74 Å². The Morgan fingerprint density at radius 3 is 2.90 bits per heavy atom. The highest BCUT2D eigenvalue weighted by molar-refractivity contribution is 7.89. The smallest absolute Gasteiger partial charge is 0.260 e. The third kappa shape index (κ3) is 2.29. The Hall–Kier alpha value is -0.670. The van der Waals surface area contributed by atoms with E-state index in [1.807, 2.05) is 13.8 Å². The molecule has 0 aromatic carbocycles. The molecule has 1 aliphatic carbocycles. The van der Waals surface area contributed by atoms with Gasteiger partial charge in [0.15, 0.2) is 15.1 Å². The lowest BCUT2D eigenvalue weighted by Gasteiger charge is -2.50. The number of sulfonamides is 1. The summed E-state index contributed by atoms with van der Waals surface area (Å²) in [6.07, 6.45) is 2.34. The zero-order chi connectivity index (χ0) is 15.4. The second-order valence-corrected chi connectivity index (χ2v) is 8.58. The number of fused-ring (bicyclic) bond motifs is 1. The molecule has 9 heteroatoms. The molecule has 0 radical (unpaired) electrons. The van der Waals surface area contributed by atoms with Crippen molar-refractivity contribution >= 4 is 37.9 Å². The summed E-state index contributed by atoms with van der Waals surface area (Å²) >= 11 is 7.33. The number of methoxy groups -OCH3 is 1. The van der Waals surface area contributed by atoms with Gasteiger partial charge in [0.25, 0.3) is 10.0 Å². The summed E-state index contributed by atoms with van der Waals surface area (Å²) in [6, 6.07) is -0.187. The Balaban J connectivity index is 1.92. The predicted octanol–water partition coefficient (Wildman–Crippen LogP) is 2.14. The maximum absolute atomic E-state index is 12.6. The highest BCUT2D eigenvalue weighted by atomic mass is 35.5. The molecule has 3 rings (SSSR count). The van der Waals surface area contributed by atoms with Gasteiger partial charge in [-0.3, -0.25) is 4.40 Å². The maximum atomic E-state index is 12.6. The average molecular weight is 350 g/mol. The van der Waals surface area contributed by atoms with Crippen LogP contribution in [0.3, 0.4) is 0 Å². The topological polar surface area (TPSA) is 72.7 Å². The molecule has 2 unspecified atom stereocenters. The summed E-state index contributed by atoms with van der Waals surface area (Å²) in [4.78, 5) is 4.62. The van der Waals surface area contributed by atoms with Crippen LogP contribution in [0.5, 0.6) is 0 Å². The quantitative estimate of drug-likeness (QED) is 0.917. The Morgan fingerprint density at radius 2 is 2.29 bits per heavy atom. The largest absolute Gasteiger partial charge is 0.381 e. The third-order valence-electron chi connectivity index (χ3n) is 4.19. The number of ether oxygens (including phenoxy) is 1. The zero-order valence-corrected chi connectivity index (χ0v) is 14.2. The standard InChI is InChI=1S/C12H16ClN3O3S2/c1-12(2)7(6-8(12)19-3)15-21(17,18)10-9(13)14-11-16(10)4-5-20-11/h4-5,7-8,15H,6H2,1-3H3. The Morgan fingerprint density at radius 1 is 1.57 bits per heavy atom. The van der Waals surface area contributed by atoms with Crippen molar-refractivity contribution < 1.29 is 13.2 Å². The number of hydrogen-bond acceptors (Lipinski definition) is 5. The first-order valence-electron chi connectivity index (χ1n) is 6.43. The molecule has 1 aliphatic rings. The molecule has 0 spiro atoms. The molecule has 0 saturated heterocycles. The maximum Gasteiger partial charge on any atom is 0.260 e. The minimum absolute atomic E-state index is 0.00270. The van der Waals surface area contributed by atoms with Crippen LogP contribution >= 0.6 is 22.9 Å². The fourth-order valence-corrected chi connectivity index (χ4v) is 5.57. The van der Waals surface area contributed by atoms with Crippen LogP contribution in [0, 0.1) is 5.41 Å². The zero-order valence-electron chi connectivity index (χ0n) is 11.8. The predicted molar refractivity (Wildman–Crippen MR) is 81.4 cm³/mol. The van der Waals surface area contributed by atoms with Crippen molar-refractivity contribution in [3.8, 4) is 0 Å². The van der Waals surface area contributed by atoms with E-state index in [9.17, 15) is 8.42 Å². The average Bonchev–Trinajstić information content (AvgIpc) is 2.93. The van der Waals surface area contributed by atoms with Gasteiger partial charge in [0.05, 0.1) is 6.10 Å². The minimum atomic E-state index is -3.74. The number of hydrogen-bond donors (Lipinski definition) is 1. The van der Waals surface area contributed by atoms with Gasteiger partial charge in [0.2, 0.25) is 0 Å². The molecule has 1 N–H and O–H groups in total. The third-order valence-corrected chi connectivity index (χ3v) is 6.82. The monoisotopic (exact) mass is 349 g/mol. The van der Waals surface area contributed by atoms with Crippen LogP contribution in [0.4, 0.5) is 0 Å². The van der Waals surface area contributed by atoms with Crippen LogP contribution in [0.15, 0.2) is 16.6 Å². The Labute approximate surface area is 132 Å². The minimum Gasteiger partial charge on any atom is -0.381 e. The molecule has 0 amide bonds. The van der Waals surface area contributed by atoms with Gasteiger partial charge in [0.1, 0.15) is 0 Å². The molecule has 2 heterocycles. The molecule has 0 aliphatic heterocycles. The van der Waals surface area contributed by atoms with Crippen molar-refractivity contribution in [2.24, 2.45) is 5.41 Å². The number of rotatable bonds is 4. The fourth-order valence-electron chi connectivity index (χ4n) is 2.71. The summed E-state index contributed by atoms with van der Waals surface area (Å²) in [5.74, 6) is 0. The molecule has 21 heavy (non-hydrogen) atoms. The summed E-state index contributed by atoms with van der Waals surface area (Å²) in [6.45, 7) is 3.96. The second-order valence-electron chi connectivity index (χ2n) is 5.72. The van der Waals surface area contributed by atoms with Crippen LogP contribution in [-0.2, 0) is 14.8 Å². The summed E-state index contributed by atoms with van der Waals surface area (Å²) in [5, 5.41) is 1.76. The van der Waals surface area contributed by atoms with E-state index in [0.717, 1.165) is 0 Å².